The molecule has 0 saturated heterocycles. The fourth-order valence-electron chi connectivity index (χ4n) is 2.38. The van der Waals surface area contributed by atoms with E-state index in [0.717, 1.165) is 16.3 Å². The Kier molecular flexibility index (Phi) is 6.20. The number of unbranched alkanes of at least 4 members (excludes halogenated alkanes) is 1. The maximum Gasteiger partial charge on any atom is 0.270 e. The molecule has 1 amide bonds. The SMILES string of the molecule is CCCCC(=O)N(c1ccc(OC)cc1)S(=O)(=O)c1ccc(C)cc1. The maximum atomic E-state index is 13.1. The average Bonchev–Trinajstić information content (AvgIpc) is 2.61. The van der Waals surface area contributed by atoms with Crippen LogP contribution in [0.1, 0.15) is 31.7 Å². The summed E-state index contributed by atoms with van der Waals surface area (Å²) in [7, 11) is -2.45. The molecule has 0 unspecified atom stereocenters. The third-order valence-corrected chi connectivity index (χ3v) is 5.60. The molecule has 0 aliphatic heterocycles. The van der Waals surface area contributed by atoms with E-state index in [1.807, 2.05) is 13.8 Å². The average molecular weight is 361 g/mol. The topological polar surface area (TPSA) is 63.7 Å². The molecule has 2 rings (SSSR count). The summed E-state index contributed by atoms with van der Waals surface area (Å²) in [6.07, 6.45) is 1.62. The smallest absolute Gasteiger partial charge is 0.270 e. The van der Waals surface area contributed by atoms with Gasteiger partial charge in [-0.2, -0.15) is 0 Å². The van der Waals surface area contributed by atoms with Gasteiger partial charge in [0.15, 0.2) is 0 Å². The molecule has 0 heterocycles. The van der Waals surface area contributed by atoms with Crippen LogP contribution in [0.25, 0.3) is 0 Å². The minimum absolute atomic E-state index is 0.0961. The van der Waals surface area contributed by atoms with Crippen LogP contribution in [-0.4, -0.2) is 21.4 Å². The second-order valence-electron chi connectivity index (χ2n) is 5.78. The van der Waals surface area contributed by atoms with Gasteiger partial charge in [0, 0.05) is 6.42 Å². The van der Waals surface area contributed by atoms with Gasteiger partial charge in [-0.25, -0.2) is 12.7 Å². The Morgan fingerprint density at radius 2 is 1.64 bits per heavy atom. The minimum atomic E-state index is -3.98. The normalized spacial score (nSPS) is 11.2. The van der Waals surface area contributed by atoms with Crippen molar-refractivity contribution in [2.75, 3.05) is 11.4 Å². The van der Waals surface area contributed by atoms with Gasteiger partial charge in [0.05, 0.1) is 17.7 Å². The molecule has 0 aliphatic carbocycles. The van der Waals surface area contributed by atoms with E-state index in [1.165, 1.54) is 19.2 Å². The number of methoxy groups -OCH3 is 1. The number of hydrogen-bond acceptors (Lipinski definition) is 4. The van der Waals surface area contributed by atoms with Crippen molar-refractivity contribution in [3.63, 3.8) is 0 Å². The zero-order valence-corrected chi connectivity index (χ0v) is 15.5. The van der Waals surface area contributed by atoms with Crippen LogP contribution < -0.4 is 9.04 Å². The molecule has 0 spiro atoms. The molecule has 2 aromatic rings. The quantitative estimate of drug-likeness (QED) is 0.750. The first-order valence-corrected chi connectivity index (χ1v) is 9.63. The first-order valence-electron chi connectivity index (χ1n) is 8.19. The van der Waals surface area contributed by atoms with Crippen LogP contribution in [0.3, 0.4) is 0 Å². The monoisotopic (exact) mass is 361 g/mol. The summed E-state index contributed by atoms with van der Waals surface area (Å²) in [5.74, 6) is 0.157. The number of rotatable bonds is 7. The Labute approximate surface area is 149 Å². The summed E-state index contributed by atoms with van der Waals surface area (Å²) in [5.41, 5.74) is 1.26. The van der Waals surface area contributed by atoms with E-state index in [9.17, 15) is 13.2 Å². The lowest BCUT2D eigenvalue weighted by atomic mass is 10.2. The molecule has 25 heavy (non-hydrogen) atoms. The predicted molar refractivity (Wildman–Crippen MR) is 98.4 cm³/mol. The highest BCUT2D eigenvalue weighted by atomic mass is 32.2. The number of hydrogen-bond donors (Lipinski definition) is 0. The Hall–Kier alpha value is -2.34. The third-order valence-electron chi connectivity index (χ3n) is 3.84. The Morgan fingerprint density at radius 3 is 2.16 bits per heavy atom. The zero-order chi connectivity index (χ0) is 18.4. The van der Waals surface area contributed by atoms with Gasteiger partial charge < -0.3 is 4.74 Å². The van der Waals surface area contributed by atoms with E-state index in [-0.39, 0.29) is 11.3 Å². The molecule has 0 atom stereocenters. The van der Waals surface area contributed by atoms with E-state index in [1.54, 1.807) is 36.4 Å². The largest absolute Gasteiger partial charge is 0.497 e. The number of benzene rings is 2. The van der Waals surface area contributed by atoms with E-state index in [4.69, 9.17) is 4.74 Å². The van der Waals surface area contributed by atoms with Crippen molar-refractivity contribution in [1.29, 1.82) is 0 Å². The maximum absolute atomic E-state index is 13.1. The number of ether oxygens (including phenoxy) is 1. The van der Waals surface area contributed by atoms with Crippen LogP contribution >= 0.6 is 0 Å². The standard InChI is InChI=1S/C19H23NO4S/c1-4-5-6-19(21)20(16-9-11-17(24-3)12-10-16)25(22,23)18-13-7-15(2)8-14-18/h7-14H,4-6H2,1-3H3. The van der Waals surface area contributed by atoms with Crippen molar-refractivity contribution in [2.45, 2.75) is 38.0 Å². The lowest BCUT2D eigenvalue weighted by molar-refractivity contribution is -0.117. The first-order chi connectivity index (χ1) is 11.9. The molecule has 0 aliphatic rings. The molecule has 0 aromatic heterocycles. The van der Waals surface area contributed by atoms with E-state index >= 15 is 0 Å². The first kappa shape index (κ1) is 19.0. The summed E-state index contributed by atoms with van der Waals surface area (Å²) < 4.78 is 32.2. The number of sulfonamides is 1. The third kappa shape index (κ3) is 4.39. The number of anilines is 1. The van der Waals surface area contributed by atoms with Crippen molar-refractivity contribution in [1.82, 2.24) is 0 Å². The fraction of sp³-hybridized carbons (Fsp3) is 0.316. The molecule has 5 nitrogen and oxygen atoms in total. The van der Waals surface area contributed by atoms with Gasteiger partial charge in [0.2, 0.25) is 5.91 Å². The van der Waals surface area contributed by atoms with E-state index < -0.39 is 15.9 Å². The predicted octanol–water partition coefficient (Wildman–Crippen LogP) is 3.92. The zero-order valence-electron chi connectivity index (χ0n) is 14.7. The van der Waals surface area contributed by atoms with Crippen LogP contribution in [0.15, 0.2) is 53.4 Å². The second-order valence-corrected chi connectivity index (χ2v) is 7.56. The van der Waals surface area contributed by atoms with Gasteiger partial charge >= 0.3 is 0 Å². The van der Waals surface area contributed by atoms with Crippen molar-refractivity contribution in [3.05, 3.63) is 54.1 Å². The Bertz CT molecular complexity index is 812. The molecule has 2 aromatic carbocycles. The Balaban J connectivity index is 2.49. The van der Waals surface area contributed by atoms with Crippen molar-refractivity contribution < 1.29 is 17.9 Å². The molecule has 134 valence electrons. The van der Waals surface area contributed by atoms with Gasteiger partial charge in [-0.15, -0.1) is 0 Å². The van der Waals surface area contributed by atoms with E-state index in [2.05, 4.69) is 0 Å². The molecular weight excluding hydrogens is 338 g/mol. The molecule has 0 bridgehead atoms. The minimum Gasteiger partial charge on any atom is -0.497 e. The highest BCUT2D eigenvalue weighted by Gasteiger charge is 2.30. The van der Waals surface area contributed by atoms with Gasteiger partial charge in [0.25, 0.3) is 10.0 Å². The van der Waals surface area contributed by atoms with Crippen molar-refractivity contribution in [2.24, 2.45) is 0 Å². The van der Waals surface area contributed by atoms with Crippen LogP contribution in [0.5, 0.6) is 5.75 Å². The molecular formula is C19H23NO4S. The summed E-state index contributed by atoms with van der Waals surface area (Å²) in [4.78, 5) is 12.8. The molecule has 0 fully saturated rings. The number of aryl methyl sites for hydroxylation is 1. The van der Waals surface area contributed by atoms with Crippen LogP contribution in [0.2, 0.25) is 0 Å². The molecule has 0 radical (unpaired) electrons. The van der Waals surface area contributed by atoms with E-state index in [0.29, 0.717) is 17.9 Å². The summed E-state index contributed by atoms with van der Waals surface area (Å²) >= 11 is 0. The Morgan fingerprint density at radius 1 is 1.04 bits per heavy atom. The van der Waals surface area contributed by atoms with Crippen molar-refractivity contribution >= 4 is 21.6 Å². The van der Waals surface area contributed by atoms with Crippen molar-refractivity contribution in [3.8, 4) is 5.75 Å². The highest BCUT2D eigenvalue weighted by molar-refractivity contribution is 7.93. The van der Waals surface area contributed by atoms with Crippen LogP contribution in [0.4, 0.5) is 5.69 Å². The highest BCUT2D eigenvalue weighted by Crippen LogP contribution is 2.27. The van der Waals surface area contributed by atoms with Gasteiger partial charge in [0.1, 0.15) is 5.75 Å². The van der Waals surface area contributed by atoms with Crippen LogP contribution in [0, 0.1) is 6.92 Å². The number of amides is 1. The number of carbonyl (C=O) groups excluding carboxylic acids is 1. The fourth-order valence-corrected chi connectivity index (χ4v) is 3.83. The van der Waals surface area contributed by atoms with Crippen LogP contribution in [-0.2, 0) is 14.8 Å². The molecule has 0 N–H and O–H groups in total. The van der Waals surface area contributed by atoms with Gasteiger partial charge in [-0.3, -0.25) is 4.79 Å². The summed E-state index contributed by atoms with van der Waals surface area (Å²) in [6, 6.07) is 12.9. The van der Waals surface area contributed by atoms with Gasteiger partial charge in [-0.1, -0.05) is 31.0 Å². The number of carbonyl (C=O) groups is 1. The number of nitrogens with zero attached hydrogens (tertiary/aromatic N) is 1. The lowest BCUT2D eigenvalue weighted by Gasteiger charge is -2.23. The molecule has 6 heteroatoms. The molecule has 0 saturated carbocycles. The summed E-state index contributed by atoms with van der Waals surface area (Å²) in [5, 5.41) is 0. The van der Waals surface area contributed by atoms with Gasteiger partial charge in [-0.05, 0) is 49.7 Å². The lowest BCUT2D eigenvalue weighted by Crippen LogP contribution is -2.36. The second kappa shape index (κ2) is 8.16. The summed E-state index contributed by atoms with van der Waals surface area (Å²) in [6.45, 7) is 3.84.